The standard InChI is InChI=1S/C20H25N3O2/c1-13-5-4-8-23(12-13)18(24)17-21-19(22-25-17)20(6-7-20)16-10-14(2)9-15(3)11-16/h9-11,13H,4-8,12H2,1-3H3. The van der Waals surface area contributed by atoms with Gasteiger partial charge in [0.25, 0.3) is 0 Å². The van der Waals surface area contributed by atoms with E-state index in [0.717, 1.165) is 32.4 Å². The van der Waals surface area contributed by atoms with Gasteiger partial charge in [0.05, 0.1) is 5.41 Å². The van der Waals surface area contributed by atoms with Crippen LogP contribution in [0.1, 0.15) is 65.8 Å². The maximum atomic E-state index is 12.7. The Hall–Kier alpha value is -2.17. The minimum atomic E-state index is -0.173. The molecule has 1 aliphatic heterocycles. The lowest BCUT2D eigenvalue weighted by molar-refractivity contribution is 0.0633. The van der Waals surface area contributed by atoms with E-state index in [1.165, 1.54) is 23.1 Å². The zero-order chi connectivity index (χ0) is 17.6. The Labute approximate surface area is 148 Å². The summed E-state index contributed by atoms with van der Waals surface area (Å²) < 4.78 is 5.37. The van der Waals surface area contributed by atoms with Crippen molar-refractivity contribution in [3.63, 3.8) is 0 Å². The molecule has 1 unspecified atom stereocenters. The summed E-state index contributed by atoms with van der Waals surface area (Å²) in [5.41, 5.74) is 3.54. The predicted molar refractivity (Wildman–Crippen MR) is 94.5 cm³/mol. The summed E-state index contributed by atoms with van der Waals surface area (Å²) in [5, 5.41) is 4.19. The molecule has 0 spiro atoms. The molecule has 0 N–H and O–H groups in total. The van der Waals surface area contributed by atoms with E-state index in [1.54, 1.807) is 0 Å². The number of hydrogen-bond acceptors (Lipinski definition) is 4. The molecule has 132 valence electrons. The Morgan fingerprint density at radius 2 is 1.96 bits per heavy atom. The average molecular weight is 339 g/mol. The van der Waals surface area contributed by atoms with E-state index in [9.17, 15) is 4.79 Å². The molecule has 2 aliphatic rings. The van der Waals surface area contributed by atoms with Crippen molar-refractivity contribution in [2.24, 2.45) is 5.92 Å². The van der Waals surface area contributed by atoms with E-state index >= 15 is 0 Å². The van der Waals surface area contributed by atoms with E-state index in [4.69, 9.17) is 4.52 Å². The van der Waals surface area contributed by atoms with Crippen LogP contribution in [0.4, 0.5) is 0 Å². The van der Waals surface area contributed by atoms with Crippen LogP contribution in [0.3, 0.4) is 0 Å². The first-order valence-electron chi connectivity index (χ1n) is 9.20. The van der Waals surface area contributed by atoms with Crippen molar-refractivity contribution in [1.29, 1.82) is 0 Å². The fraction of sp³-hybridized carbons (Fsp3) is 0.550. The molecule has 4 rings (SSSR count). The summed E-state index contributed by atoms with van der Waals surface area (Å²) in [4.78, 5) is 19.0. The SMILES string of the molecule is Cc1cc(C)cc(C2(c3noc(C(=O)N4CCCC(C)C4)n3)CC2)c1. The van der Waals surface area contributed by atoms with Crippen molar-refractivity contribution in [3.8, 4) is 0 Å². The third-order valence-corrected chi connectivity index (χ3v) is 5.51. The number of aryl methyl sites for hydroxylation is 2. The van der Waals surface area contributed by atoms with Crippen LogP contribution in [-0.2, 0) is 5.41 Å². The maximum Gasteiger partial charge on any atom is 0.316 e. The quantitative estimate of drug-likeness (QED) is 0.856. The Kier molecular flexibility index (Phi) is 3.89. The molecule has 2 fully saturated rings. The van der Waals surface area contributed by atoms with Gasteiger partial charge < -0.3 is 9.42 Å². The van der Waals surface area contributed by atoms with E-state index < -0.39 is 0 Å². The highest BCUT2D eigenvalue weighted by Gasteiger charge is 2.50. The molecular weight excluding hydrogens is 314 g/mol. The highest BCUT2D eigenvalue weighted by molar-refractivity contribution is 5.89. The van der Waals surface area contributed by atoms with Crippen molar-refractivity contribution in [2.75, 3.05) is 13.1 Å². The van der Waals surface area contributed by atoms with Gasteiger partial charge >= 0.3 is 11.8 Å². The normalized spacial score (nSPS) is 22.0. The zero-order valence-corrected chi connectivity index (χ0v) is 15.2. The minimum Gasteiger partial charge on any atom is -0.334 e. The van der Waals surface area contributed by atoms with Gasteiger partial charge in [-0.15, -0.1) is 0 Å². The van der Waals surface area contributed by atoms with E-state index in [-0.39, 0.29) is 17.2 Å². The van der Waals surface area contributed by atoms with Crippen molar-refractivity contribution < 1.29 is 9.32 Å². The minimum absolute atomic E-state index is 0.124. The Balaban J connectivity index is 1.59. The average Bonchev–Trinajstić information content (AvgIpc) is 3.24. The summed E-state index contributed by atoms with van der Waals surface area (Å²) in [6, 6.07) is 6.57. The first-order valence-corrected chi connectivity index (χ1v) is 9.20. The Morgan fingerprint density at radius 3 is 2.60 bits per heavy atom. The molecule has 1 aromatic heterocycles. The van der Waals surface area contributed by atoms with Gasteiger partial charge in [0.15, 0.2) is 5.82 Å². The molecule has 1 amide bonds. The van der Waals surface area contributed by atoms with Gasteiger partial charge in [-0.3, -0.25) is 4.79 Å². The maximum absolute atomic E-state index is 12.7. The van der Waals surface area contributed by atoms with Crippen LogP contribution in [-0.4, -0.2) is 34.0 Å². The lowest BCUT2D eigenvalue weighted by Crippen LogP contribution is -2.39. The first-order chi connectivity index (χ1) is 12.0. The number of carbonyl (C=O) groups excluding carboxylic acids is 1. The topological polar surface area (TPSA) is 59.2 Å². The number of piperidine rings is 1. The summed E-state index contributed by atoms with van der Waals surface area (Å²) in [7, 11) is 0. The molecular formula is C20H25N3O2. The molecule has 5 nitrogen and oxygen atoms in total. The molecule has 1 aliphatic carbocycles. The van der Waals surface area contributed by atoms with Crippen LogP contribution >= 0.6 is 0 Å². The molecule has 25 heavy (non-hydrogen) atoms. The highest BCUT2D eigenvalue weighted by Crippen LogP contribution is 2.52. The number of hydrogen-bond donors (Lipinski definition) is 0. The second kappa shape index (κ2) is 5.97. The summed E-state index contributed by atoms with van der Waals surface area (Å²) in [5.74, 6) is 1.21. The molecule has 0 bridgehead atoms. The number of likely N-dealkylation sites (tertiary alicyclic amines) is 1. The fourth-order valence-electron chi connectivity index (χ4n) is 4.03. The summed E-state index contributed by atoms with van der Waals surface area (Å²) in [6.45, 7) is 7.95. The number of amides is 1. The Bertz CT molecular complexity index is 787. The van der Waals surface area contributed by atoms with Gasteiger partial charge in [0.2, 0.25) is 0 Å². The number of benzene rings is 1. The molecule has 1 saturated heterocycles. The van der Waals surface area contributed by atoms with Crippen molar-refractivity contribution in [3.05, 3.63) is 46.6 Å². The summed E-state index contributed by atoms with van der Waals surface area (Å²) >= 11 is 0. The molecule has 1 atom stereocenters. The van der Waals surface area contributed by atoms with Gasteiger partial charge in [-0.25, -0.2) is 0 Å². The molecule has 2 heterocycles. The zero-order valence-electron chi connectivity index (χ0n) is 15.2. The largest absolute Gasteiger partial charge is 0.334 e. The number of nitrogens with zero attached hydrogens (tertiary/aromatic N) is 3. The number of rotatable bonds is 3. The van der Waals surface area contributed by atoms with Crippen LogP contribution in [0.2, 0.25) is 0 Å². The Morgan fingerprint density at radius 1 is 1.24 bits per heavy atom. The van der Waals surface area contributed by atoms with Gasteiger partial charge in [-0.1, -0.05) is 41.4 Å². The van der Waals surface area contributed by atoms with E-state index in [2.05, 4.69) is 49.1 Å². The lowest BCUT2D eigenvalue weighted by atomic mass is 9.92. The van der Waals surface area contributed by atoms with Gasteiger partial charge in [-0.2, -0.15) is 4.98 Å². The predicted octanol–water partition coefficient (Wildman–Crippen LogP) is 3.64. The second-order valence-corrected chi connectivity index (χ2v) is 7.88. The lowest BCUT2D eigenvalue weighted by Gasteiger charge is -2.29. The van der Waals surface area contributed by atoms with Crippen LogP contribution in [0.25, 0.3) is 0 Å². The molecule has 1 aromatic carbocycles. The monoisotopic (exact) mass is 339 g/mol. The number of carbonyl (C=O) groups is 1. The molecule has 1 saturated carbocycles. The van der Waals surface area contributed by atoms with E-state index in [1.807, 2.05) is 4.90 Å². The number of aromatic nitrogens is 2. The highest BCUT2D eigenvalue weighted by atomic mass is 16.5. The smallest absolute Gasteiger partial charge is 0.316 e. The second-order valence-electron chi connectivity index (χ2n) is 7.88. The van der Waals surface area contributed by atoms with Crippen molar-refractivity contribution in [2.45, 2.75) is 51.9 Å². The van der Waals surface area contributed by atoms with Crippen LogP contribution in [0.15, 0.2) is 22.7 Å². The van der Waals surface area contributed by atoms with Crippen LogP contribution in [0, 0.1) is 19.8 Å². The van der Waals surface area contributed by atoms with Gasteiger partial charge in [0.1, 0.15) is 0 Å². The van der Waals surface area contributed by atoms with Crippen molar-refractivity contribution in [1.82, 2.24) is 15.0 Å². The summed E-state index contributed by atoms with van der Waals surface area (Å²) in [6.07, 6.45) is 4.22. The van der Waals surface area contributed by atoms with Crippen molar-refractivity contribution >= 4 is 5.91 Å². The molecule has 5 heteroatoms. The fourth-order valence-corrected chi connectivity index (χ4v) is 4.03. The van der Waals surface area contributed by atoms with E-state index in [0.29, 0.717) is 11.7 Å². The third-order valence-electron chi connectivity index (χ3n) is 5.51. The van der Waals surface area contributed by atoms with Gasteiger partial charge in [-0.05, 0) is 51.0 Å². The van der Waals surface area contributed by atoms with Crippen LogP contribution in [0.5, 0.6) is 0 Å². The van der Waals surface area contributed by atoms with Gasteiger partial charge in [0, 0.05) is 13.1 Å². The van der Waals surface area contributed by atoms with Crippen LogP contribution < -0.4 is 0 Å². The molecule has 2 aromatic rings. The third kappa shape index (κ3) is 2.96. The first kappa shape index (κ1) is 16.3. The molecule has 0 radical (unpaired) electrons.